The second kappa shape index (κ2) is 6.24. The number of nitrogens with zero attached hydrogens (tertiary/aromatic N) is 1. The van der Waals surface area contributed by atoms with Crippen LogP contribution in [0.1, 0.15) is 5.76 Å². The van der Waals surface area contributed by atoms with Crippen molar-refractivity contribution in [2.75, 3.05) is 18.6 Å². The Hall–Kier alpha value is -3.06. The lowest BCUT2D eigenvalue weighted by Crippen LogP contribution is -2.43. The third-order valence-electron chi connectivity index (χ3n) is 5.79. The molecule has 7 heteroatoms. The second-order valence-electron chi connectivity index (χ2n) is 7.32. The first-order valence-electron chi connectivity index (χ1n) is 9.24. The van der Waals surface area contributed by atoms with Gasteiger partial charge in [0.05, 0.1) is 44.4 Å². The number of anilines is 1. The molecule has 2 aromatic rings. The number of carbonyl (C=O) groups excluding carboxylic acids is 2. The van der Waals surface area contributed by atoms with Gasteiger partial charge in [-0.25, -0.2) is 0 Å². The van der Waals surface area contributed by atoms with Crippen molar-refractivity contribution in [1.82, 2.24) is 5.32 Å². The Bertz CT molecular complexity index is 953. The summed E-state index contributed by atoms with van der Waals surface area (Å²) in [6.07, 6.45) is 5.03. The molecule has 2 bridgehead atoms. The fourth-order valence-electron chi connectivity index (χ4n) is 4.50. The third kappa shape index (κ3) is 2.46. The fourth-order valence-corrected chi connectivity index (χ4v) is 4.50. The van der Waals surface area contributed by atoms with Crippen LogP contribution in [0.15, 0.2) is 59.2 Å². The van der Waals surface area contributed by atoms with E-state index >= 15 is 0 Å². The van der Waals surface area contributed by atoms with Gasteiger partial charge in [0.15, 0.2) is 0 Å². The SMILES string of the molecule is COc1cccc(N2C[C@@]34C=C[C@@H](O3)[C@@H](C(=O)NCc3ccco3)[C@H]4C2=O)c1. The van der Waals surface area contributed by atoms with Gasteiger partial charge in [-0.1, -0.05) is 18.2 Å². The quantitative estimate of drug-likeness (QED) is 0.802. The van der Waals surface area contributed by atoms with E-state index in [4.69, 9.17) is 13.9 Å². The van der Waals surface area contributed by atoms with Gasteiger partial charge in [0.25, 0.3) is 0 Å². The van der Waals surface area contributed by atoms with Crippen LogP contribution in [0.25, 0.3) is 0 Å². The molecular formula is C21H20N2O5. The first kappa shape index (κ1) is 17.1. The van der Waals surface area contributed by atoms with Gasteiger partial charge in [-0.15, -0.1) is 0 Å². The number of nitrogens with one attached hydrogen (secondary N) is 1. The molecule has 1 spiro atoms. The third-order valence-corrected chi connectivity index (χ3v) is 5.79. The number of hydrogen-bond acceptors (Lipinski definition) is 5. The van der Waals surface area contributed by atoms with E-state index in [-0.39, 0.29) is 24.5 Å². The van der Waals surface area contributed by atoms with Crippen LogP contribution >= 0.6 is 0 Å². The van der Waals surface area contributed by atoms with Gasteiger partial charge in [-0.2, -0.15) is 0 Å². The lowest BCUT2D eigenvalue weighted by molar-refractivity contribution is -0.132. The predicted octanol–water partition coefficient (Wildman–Crippen LogP) is 1.89. The average molecular weight is 380 g/mol. The summed E-state index contributed by atoms with van der Waals surface area (Å²) in [5, 5.41) is 2.88. The maximum atomic E-state index is 13.3. The standard InChI is InChI=1S/C21H20N2O5/c1-26-14-5-2-4-13(10-14)23-12-21-8-7-16(28-21)17(18(21)20(23)25)19(24)22-11-15-6-3-9-27-15/h2-10,16-18H,11-12H2,1H3,(H,22,24)/t16-,17-,18+,21-/m1/s1. The number of amides is 2. The number of ether oxygens (including phenoxy) is 2. The molecule has 28 heavy (non-hydrogen) atoms. The summed E-state index contributed by atoms with van der Waals surface area (Å²) in [4.78, 5) is 27.9. The maximum absolute atomic E-state index is 13.3. The minimum absolute atomic E-state index is 0.0988. The molecule has 2 amide bonds. The first-order chi connectivity index (χ1) is 13.6. The molecule has 4 heterocycles. The van der Waals surface area contributed by atoms with E-state index in [9.17, 15) is 9.59 Å². The highest BCUT2D eigenvalue weighted by atomic mass is 16.5. The summed E-state index contributed by atoms with van der Waals surface area (Å²) in [6.45, 7) is 0.672. The highest BCUT2D eigenvalue weighted by Crippen LogP contribution is 2.52. The summed E-state index contributed by atoms with van der Waals surface area (Å²) >= 11 is 0. The van der Waals surface area contributed by atoms with Gasteiger partial charge < -0.3 is 24.1 Å². The van der Waals surface area contributed by atoms with Crippen molar-refractivity contribution < 1.29 is 23.5 Å². The summed E-state index contributed by atoms with van der Waals surface area (Å²) in [7, 11) is 1.59. The Morgan fingerprint density at radius 2 is 2.25 bits per heavy atom. The van der Waals surface area contributed by atoms with Crippen molar-refractivity contribution in [1.29, 1.82) is 0 Å². The van der Waals surface area contributed by atoms with Gasteiger partial charge in [-0.05, 0) is 24.3 Å². The van der Waals surface area contributed by atoms with Gasteiger partial charge in [0.2, 0.25) is 11.8 Å². The summed E-state index contributed by atoms with van der Waals surface area (Å²) < 4.78 is 16.7. The topological polar surface area (TPSA) is 81.0 Å². The maximum Gasteiger partial charge on any atom is 0.234 e. The van der Waals surface area contributed by atoms with E-state index < -0.39 is 17.4 Å². The van der Waals surface area contributed by atoms with Gasteiger partial charge in [-0.3, -0.25) is 9.59 Å². The smallest absolute Gasteiger partial charge is 0.234 e. The molecule has 144 valence electrons. The molecule has 1 N–H and O–H groups in total. The van der Waals surface area contributed by atoms with Crippen LogP contribution in [0.5, 0.6) is 5.75 Å². The number of fused-ring (bicyclic) bond motifs is 1. The van der Waals surface area contributed by atoms with Gasteiger partial charge in [0.1, 0.15) is 17.1 Å². The zero-order valence-electron chi connectivity index (χ0n) is 15.3. The largest absolute Gasteiger partial charge is 0.497 e. The number of carbonyl (C=O) groups is 2. The Morgan fingerprint density at radius 1 is 1.36 bits per heavy atom. The van der Waals surface area contributed by atoms with Crippen LogP contribution in [0.2, 0.25) is 0 Å². The monoisotopic (exact) mass is 380 g/mol. The summed E-state index contributed by atoms with van der Waals surface area (Å²) in [5.74, 6) is -0.0446. The first-order valence-corrected chi connectivity index (χ1v) is 9.24. The lowest BCUT2D eigenvalue weighted by atomic mass is 9.77. The van der Waals surface area contributed by atoms with E-state index in [0.29, 0.717) is 18.1 Å². The van der Waals surface area contributed by atoms with Gasteiger partial charge in [0, 0.05) is 11.8 Å². The molecule has 0 aliphatic carbocycles. The van der Waals surface area contributed by atoms with Crippen LogP contribution in [0.3, 0.4) is 0 Å². The molecule has 0 unspecified atom stereocenters. The molecule has 1 aromatic carbocycles. The van der Waals surface area contributed by atoms with Crippen molar-refractivity contribution in [2.24, 2.45) is 11.8 Å². The van der Waals surface area contributed by atoms with E-state index in [0.717, 1.165) is 5.69 Å². The minimum Gasteiger partial charge on any atom is -0.497 e. The van der Waals surface area contributed by atoms with Crippen molar-refractivity contribution in [3.05, 3.63) is 60.6 Å². The highest BCUT2D eigenvalue weighted by Gasteiger charge is 2.67. The summed E-state index contributed by atoms with van der Waals surface area (Å²) in [6, 6.07) is 10.9. The molecule has 3 aliphatic heterocycles. The van der Waals surface area contributed by atoms with Crippen LogP contribution in [0, 0.1) is 11.8 Å². The molecule has 3 aliphatic rings. The lowest BCUT2D eigenvalue weighted by Gasteiger charge is -2.23. The molecule has 0 saturated carbocycles. The molecule has 0 radical (unpaired) electrons. The number of benzene rings is 1. The highest BCUT2D eigenvalue weighted by molar-refractivity contribution is 6.03. The van der Waals surface area contributed by atoms with Crippen LogP contribution < -0.4 is 15.0 Å². The molecule has 1 aromatic heterocycles. The average Bonchev–Trinajstić information content (AvgIpc) is 3.48. The minimum atomic E-state index is -0.752. The molecule has 7 nitrogen and oxygen atoms in total. The second-order valence-corrected chi connectivity index (χ2v) is 7.32. The van der Waals surface area contributed by atoms with Crippen molar-refractivity contribution >= 4 is 17.5 Å². The predicted molar refractivity (Wildman–Crippen MR) is 99.6 cm³/mol. The number of rotatable bonds is 5. The number of furan rings is 1. The van der Waals surface area contributed by atoms with Crippen LogP contribution in [-0.2, 0) is 20.9 Å². The Balaban J connectivity index is 1.40. The van der Waals surface area contributed by atoms with Gasteiger partial charge >= 0.3 is 0 Å². The van der Waals surface area contributed by atoms with E-state index in [1.165, 1.54) is 0 Å². The molecular weight excluding hydrogens is 360 g/mol. The van der Waals surface area contributed by atoms with E-state index in [2.05, 4.69) is 5.32 Å². The Morgan fingerprint density at radius 3 is 3.04 bits per heavy atom. The van der Waals surface area contributed by atoms with Crippen molar-refractivity contribution in [3.8, 4) is 5.75 Å². The number of hydrogen-bond donors (Lipinski definition) is 1. The zero-order chi connectivity index (χ0) is 19.3. The van der Waals surface area contributed by atoms with E-state index in [1.807, 2.05) is 36.4 Å². The normalized spacial score (nSPS) is 30.0. The molecule has 5 rings (SSSR count). The van der Waals surface area contributed by atoms with Crippen LogP contribution in [0.4, 0.5) is 5.69 Å². The fraction of sp³-hybridized carbons (Fsp3) is 0.333. The summed E-state index contributed by atoms with van der Waals surface area (Å²) in [5.41, 5.74) is -0.0133. The van der Waals surface area contributed by atoms with Crippen molar-refractivity contribution in [3.63, 3.8) is 0 Å². The van der Waals surface area contributed by atoms with Crippen LogP contribution in [-0.4, -0.2) is 37.2 Å². The van der Waals surface area contributed by atoms with Crippen molar-refractivity contribution in [2.45, 2.75) is 18.2 Å². The number of methoxy groups -OCH3 is 1. The Labute approximate surface area is 161 Å². The molecule has 4 atom stereocenters. The molecule has 2 saturated heterocycles. The van der Waals surface area contributed by atoms with E-state index in [1.54, 1.807) is 30.4 Å². The Kier molecular flexibility index (Phi) is 3.80. The molecule has 2 fully saturated rings. The zero-order valence-corrected chi connectivity index (χ0v) is 15.3.